The lowest BCUT2D eigenvalue weighted by Gasteiger charge is -2.22. The molecule has 1 unspecified atom stereocenters. The summed E-state index contributed by atoms with van der Waals surface area (Å²) in [4.78, 5) is 14.2. The Balaban J connectivity index is 1.81. The van der Waals surface area contributed by atoms with E-state index in [1.165, 1.54) is 16.8 Å². The highest BCUT2D eigenvalue weighted by Crippen LogP contribution is 2.19. The third-order valence-corrected chi connectivity index (χ3v) is 3.71. The first-order chi connectivity index (χ1) is 10.2. The highest BCUT2D eigenvalue weighted by molar-refractivity contribution is 5.92. The molecule has 2 heterocycles. The second-order valence-electron chi connectivity index (χ2n) is 5.06. The van der Waals surface area contributed by atoms with Gasteiger partial charge in [-0.2, -0.15) is 0 Å². The van der Waals surface area contributed by atoms with Gasteiger partial charge in [-0.1, -0.05) is 5.21 Å². The van der Waals surface area contributed by atoms with Crippen LogP contribution in [-0.4, -0.2) is 44.9 Å². The molecule has 1 fully saturated rings. The standard InChI is InChI=1S/C14H16FN5O/c15-10-3-5-11(6-4-10)20-9-13(17-18-20)14(21)19-7-1-2-12(19)8-16/h3-6,9,12H,1-2,7-8,16H2. The van der Waals surface area contributed by atoms with E-state index in [4.69, 9.17) is 5.73 Å². The first-order valence-corrected chi connectivity index (χ1v) is 6.88. The van der Waals surface area contributed by atoms with Gasteiger partial charge in [0, 0.05) is 19.1 Å². The highest BCUT2D eigenvalue weighted by atomic mass is 19.1. The van der Waals surface area contributed by atoms with Crippen LogP contribution in [0.3, 0.4) is 0 Å². The van der Waals surface area contributed by atoms with E-state index in [0.29, 0.717) is 18.8 Å². The maximum atomic E-state index is 12.9. The minimum Gasteiger partial charge on any atom is -0.333 e. The molecule has 2 aromatic rings. The molecule has 1 aromatic heterocycles. The van der Waals surface area contributed by atoms with Crippen LogP contribution in [0.4, 0.5) is 4.39 Å². The first-order valence-electron chi connectivity index (χ1n) is 6.88. The molecule has 6 nitrogen and oxygen atoms in total. The van der Waals surface area contributed by atoms with Crippen molar-refractivity contribution in [2.75, 3.05) is 13.1 Å². The van der Waals surface area contributed by atoms with Gasteiger partial charge in [0.15, 0.2) is 5.69 Å². The van der Waals surface area contributed by atoms with Crippen LogP contribution in [0.2, 0.25) is 0 Å². The molecule has 0 saturated carbocycles. The molecule has 1 aliphatic rings. The molecule has 21 heavy (non-hydrogen) atoms. The minimum atomic E-state index is -0.321. The summed E-state index contributed by atoms with van der Waals surface area (Å²) in [5.41, 5.74) is 6.61. The van der Waals surface area contributed by atoms with E-state index >= 15 is 0 Å². The summed E-state index contributed by atoms with van der Waals surface area (Å²) in [6.07, 6.45) is 3.44. The molecule has 3 rings (SSSR count). The van der Waals surface area contributed by atoms with Gasteiger partial charge in [-0.05, 0) is 37.1 Å². The van der Waals surface area contributed by atoms with Crippen molar-refractivity contribution >= 4 is 5.91 Å². The summed E-state index contributed by atoms with van der Waals surface area (Å²) < 4.78 is 14.4. The fraction of sp³-hybridized carbons (Fsp3) is 0.357. The maximum Gasteiger partial charge on any atom is 0.276 e. The van der Waals surface area contributed by atoms with E-state index < -0.39 is 0 Å². The summed E-state index contributed by atoms with van der Waals surface area (Å²) in [5, 5.41) is 7.84. The van der Waals surface area contributed by atoms with Crippen molar-refractivity contribution in [1.29, 1.82) is 0 Å². The Morgan fingerprint density at radius 1 is 1.38 bits per heavy atom. The lowest BCUT2D eigenvalue weighted by Crippen LogP contribution is -2.40. The Labute approximate surface area is 121 Å². The number of rotatable bonds is 3. The molecular formula is C14H16FN5O. The number of halogens is 1. The fourth-order valence-electron chi connectivity index (χ4n) is 2.58. The van der Waals surface area contributed by atoms with Crippen LogP contribution in [0, 0.1) is 5.82 Å². The topological polar surface area (TPSA) is 77.0 Å². The lowest BCUT2D eigenvalue weighted by atomic mass is 10.2. The third kappa shape index (κ3) is 2.64. The van der Waals surface area contributed by atoms with Crippen molar-refractivity contribution in [1.82, 2.24) is 19.9 Å². The summed E-state index contributed by atoms with van der Waals surface area (Å²) in [5.74, 6) is -0.477. The predicted molar refractivity (Wildman–Crippen MR) is 74.4 cm³/mol. The number of benzene rings is 1. The number of hydrogen-bond acceptors (Lipinski definition) is 4. The second kappa shape index (κ2) is 5.61. The molecule has 1 amide bonds. The average molecular weight is 289 g/mol. The quantitative estimate of drug-likeness (QED) is 0.913. The Kier molecular flexibility index (Phi) is 3.66. The SMILES string of the molecule is NCC1CCCN1C(=O)c1cn(-c2ccc(F)cc2)nn1. The van der Waals surface area contributed by atoms with Gasteiger partial charge in [-0.3, -0.25) is 4.79 Å². The zero-order valence-electron chi connectivity index (χ0n) is 11.4. The molecule has 0 aliphatic carbocycles. The number of hydrogen-bond donors (Lipinski definition) is 1. The van der Waals surface area contributed by atoms with E-state index in [1.54, 1.807) is 23.2 Å². The second-order valence-corrected chi connectivity index (χ2v) is 5.06. The van der Waals surface area contributed by atoms with E-state index in [9.17, 15) is 9.18 Å². The van der Waals surface area contributed by atoms with Crippen molar-refractivity contribution < 1.29 is 9.18 Å². The van der Waals surface area contributed by atoms with E-state index in [-0.39, 0.29) is 23.5 Å². The molecule has 1 saturated heterocycles. The Morgan fingerprint density at radius 3 is 2.86 bits per heavy atom. The van der Waals surface area contributed by atoms with Crippen molar-refractivity contribution in [3.05, 3.63) is 42.0 Å². The maximum absolute atomic E-state index is 12.9. The van der Waals surface area contributed by atoms with Gasteiger partial charge >= 0.3 is 0 Å². The smallest absolute Gasteiger partial charge is 0.276 e. The van der Waals surface area contributed by atoms with Crippen molar-refractivity contribution in [2.24, 2.45) is 5.73 Å². The van der Waals surface area contributed by atoms with Gasteiger partial charge in [0.2, 0.25) is 0 Å². The lowest BCUT2D eigenvalue weighted by molar-refractivity contribution is 0.0735. The van der Waals surface area contributed by atoms with Crippen molar-refractivity contribution in [3.8, 4) is 5.69 Å². The minimum absolute atomic E-state index is 0.0773. The zero-order valence-corrected chi connectivity index (χ0v) is 11.4. The van der Waals surface area contributed by atoms with E-state index in [2.05, 4.69) is 10.3 Å². The fourth-order valence-corrected chi connectivity index (χ4v) is 2.58. The molecule has 0 radical (unpaired) electrons. The Morgan fingerprint density at radius 2 is 2.14 bits per heavy atom. The molecule has 1 aromatic carbocycles. The zero-order chi connectivity index (χ0) is 14.8. The normalized spacial score (nSPS) is 18.2. The van der Waals surface area contributed by atoms with Gasteiger partial charge in [0.05, 0.1) is 11.9 Å². The number of nitrogens with two attached hydrogens (primary N) is 1. The van der Waals surface area contributed by atoms with Gasteiger partial charge in [-0.15, -0.1) is 5.10 Å². The number of carbonyl (C=O) groups is 1. The number of amides is 1. The molecular weight excluding hydrogens is 273 g/mol. The van der Waals surface area contributed by atoms with Crippen LogP contribution in [0.1, 0.15) is 23.3 Å². The van der Waals surface area contributed by atoms with Crippen LogP contribution >= 0.6 is 0 Å². The predicted octanol–water partition coefficient (Wildman–Crippen LogP) is 0.970. The van der Waals surface area contributed by atoms with Crippen LogP contribution in [0.25, 0.3) is 5.69 Å². The number of likely N-dealkylation sites (tertiary alicyclic amines) is 1. The number of carbonyl (C=O) groups excluding carboxylic acids is 1. The monoisotopic (exact) mass is 289 g/mol. The molecule has 2 N–H and O–H groups in total. The summed E-state index contributed by atoms with van der Waals surface area (Å²) in [6.45, 7) is 1.15. The molecule has 0 spiro atoms. The largest absolute Gasteiger partial charge is 0.333 e. The third-order valence-electron chi connectivity index (χ3n) is 3.71. The Bertz CT molecular complexity index is 639. The van der Waals surface area contributed by atoms with Gasteiger partial charge in [0.25, 0.3) is 5.91 Å². The molecule has 110 valence electrons. The van der Waals surface area contributed by atoms with Crippen molar-refractivity contribution in [3.63, 3.8) is 0 Å². The Hall–Kier alpha value is -2.28. The van der Waals surface area contributed by atoms with Crippen LogP contribution in [0.5, 0.6) is 0 Å². The van der Waals surface area contributed by atoms with E-state index in [0.717, 1.165) is 12.8 Å². The summed E-state index contributed by atoms with van der Waals surface area (Å²) in [7, 11) is 0. The van der Waals surface area contributed by atoms with Crippen LogP contribution < -0.4 is 5.73 Å². The average Bonchev–Trinajstić information content (AvgIpc) is 3.16. The number of aromatic nitrogens is 3. The molecule has 7 heteroatoms. The van der Waals surface area contributed by atoms with E-state index in [1.807, 2.05) is 0 Å². The van der Waals surface area contributed by atoms with Gasteiger partial charge in [-0.25, -0.2) is 9.07 Å². The molecule has 0 bridgehead atoms. The van der Waals surface area contributed by atoms with Crippen LogP contribution in [0.15, 0.2) is 30.5 Å². The molecule has 1 aliphatic heterocycles. The highest BCUT2D eigenvalue weighted by Gasteiger charge is 2.29. The van der Waals surface area contributed by atoms with Crippen molar-refractivity contribution in [2.45, 2.75) is 18.9 Å². The molecule has 1 atom stereocenters. The van der Waals surface area contributed by atoms with Crippen LogP contribution in [-0.2, 0) is 0 Å². The summed E-state index contributed by atoms with van der Waals surface area (Å²) >= 11 is 0. The van der Waals surface area contributed by atoms with Gasteiger partial charge < -0.3 is 10.6 Å². The summed E-state index contributed by atoms with van der Waals surface area (Å²) in [6, 6.07) is 5.91. The van der Waals surface area contributed by atoms with Gasteiger partial charge in [0.1, 0.15) is 5.82 Å². The number of nitrogens with zero attached hydrogens (tertiary/aromatic N) is 4. The first kappa shape index (κ1) is 13.7.